The predicted molar refractivity (Wildman–Crippen MR) is 74.4 cm³/mol. The lowest BCUT2D eigenvalue weighted by molar-refractivity contribution is 0.304. The van der Waals surface area contributed by atoms with Crippen LogP contribution < -0.4 is 4.90 Å². The van der Waals surface area contributed by atoms with E-state index in [2.05, 4.69) is 29.8 Å². The molecule has 0 radical (unpaired) electrons. The minimum absolute atomic E-state index is 0.127. The largest absolute Gasteiger partial charge is 0.366 e. The number of anilines is 1. The lowest BCUT2D eigenvalue weighted by atomic mass is 10.1. The molecule has 3 nitrogen and oxygen atoms in total. The average Bonchev–Trinajstić information content (AvgIpc) is 2.48. The Morgan fingerprint density at radius 2 is 2.16 bits per heavy atom. The van der Waals surface area contributed by atoms with Gasteiger partial charge in [-0.2, -0.15) is 5.26 Å². The highest BCUT2D eigenvalue weighted by atomic mass is 19.1. The summed E-state index contributed by atoms with van der Waals surface area (Å²) in [7, 11) is 2.08. The first-order valence-electron chi connectivity index (χ1n) is 6.68. The van der Waals surface area contributed by atoms with Crippen LogP contribution in [0.15, 0.2) is 24.3 Å². The van der Waals surface area contributed by atoms with Gasteiger partial charge in [0.2, 0.25) is 0 Å². The van der Waals surface area contributed by atoms with Crippen LogP contribution in [-0.2, 0) is 0 Å². The van der Waals surface area contributed by atoms with Crippen LogP contribution in [0.3, 0.4) is 0 Å². The minimum atomic E-state index is -0.224. The summed E-state index contributed by atoms with van der Waals surface area (Å²) >= 11 is 0. The smallest absolute Gasteiger partial charge is 0.125 e. The van der Waals surface area contributed by atoms with E-state index in [1.807, 2.05) is 6.07 Å². The molecule has 2 unspecified atom stereocenters. The Morgan fingerprint density at radius 3 is 2.84 bits per heavy atom. The fraction of sp³-hybridized carbons (Fsp3) is 0.533. The molecule has 102 valence electrons. The SMILES string of the molecule is CC1CN(C)CC(CC#N)N(c2cccc(F)c2)C1. The number of likely N-dealkylation sites (N-methyl/N-ethyl adjacent to an activating group) is 1. The molecule has 0 N–H and O–H groups in total. The number of nitriles is 1. The van der Waals surface area contributed by atoms with Gasteiger partial charge in [0.15, 0.2) is 0 Å². The summed E-state index contributed by atoms with van der Waals surface area (Å²) in [6.07, 6.45) is 0.466. The third-order valence-corrected chi connectivity index (χ3v) is 3.56. The van der Waals surface area contributed by atoms with Crippen molar-refractivity contribution in [1.82, 2.24) is 4.90 Å². The van der Waals surface area contributed by atoms with E-state index in [-0.39, 0.29) is 11.9 Å². The lowest BCUT2D eigenvalue weighted by Gasteiger charge is -2.32. The molecule has 1 saturated heterocycles. The molecule has 0 bridgehead atoms. The summed E-state index contributed by atoms with van der Waals surface area (Å²) in [4.78, 5) is 4.44. The third kappa shape index (κ3) is 3.45. The van der Waals surface area contributed by atoms with Crippen molar-refractivity contribution >= 4 is 5.69 Å². The number of hydrogen-bond donors (Lipinski definition) is 0. The Balaban J connectivity index is 2.29. The molecule has 1 fully saturated rings. The molecule has 2 rings (SSSR count). The second-order valence-corrected chi connectivity index (χ2v) is 5.47. The summed E-state index contributed by atoms with van der Waals surface area (Å²) in [6.45, 7) is 4.90. The Hall–Kier alpha value is -1.60. The molecule has 19 heavy (non-hydrogen) atoms. The van der Waals surface area contributed by atoms with Crippen LogP contribution in [0, 0.1) is 23.1 Å². The molecular weight excluding hydrogens is 241 g/mol. The first kappa shape index (κ1) is 13.8. The van der Waals surface area contributed by atoms with Gasteiger partial charge in [0.05, 0.1) is 18.5 Å². The highest BCUT2D eigenvalue weighted by Gasteiger charge is 2.26. The van der Waals surface area contributed by atoms with E-state index in [9.17, 15) is 4.39 Å². The van der Waals surface area contributed by atoms with E-state index in [0.717, 1.165) is 25.3 Å². The maximum atomic E-state index is 13.4. The van der Waals surface area contributed by atoms with Gasteiger partial charge in [-0.1, -0.05) is 13.0 Å². The zero-order valence-corrected chi connectivity index (χ0v) is 11.5. The van der Waals surface area contributed by atoms with Gasteiger partial charge in [-0.15, -0.1) is 0 Å². The molecule has 0 saturated carbocycles. The Bertz CT molecular complexity index is 469. The summed E-state index contributed by atoms with van der Waals surface area (Å²) in [5, 5.41) is 9.01. The van der Waals surface area contributed by atoms with Crippen molar-refractivity contribution in [3.8, 4) is 6.07 Å². The zero-order chi connectivity index (χ0) is 13.8. The quantitative estimate of drug-likeness (QED) is 0.819. The van der Waals surface area contributed by atoms with Crippen LogP contribution in [0.25, 0.3) is 0 Å². The number of hydrogen-bond acceptors (Lipinski definition) is 3. The number of nitrogens with zero attached hydrogens (tertiary/aromatic N) is 3. The maximum Gasteiger partial charge on any atom is 0.125 e. The summed E-state index contributed by atoms with van der Waals surface area (Å²) in [5.41, 5.74) is 0.877. The first-order chi connectivity index (χ1) is 9.10. The normalized spacial score (nSPS) is 24.8. The summed E-state index contributed by atoms with van der Waals surface area (Å²) in [6, 6.07) is 9.04. The monoisotopic (exact) mass is 261 g/mol. The predicted octanol–water partition coefficient (Wildman–Crippen LogP) is 2.50. The van der Waals surface area contributed by atoms with Crippen molar-refractivity contribution < 1.29 is 4.39 Å². The Morgan fingerprint density at radius 1 is 1.37 bits per heavy atom. The molecule has 1 aliphatic heterocycles. The van der Waals surface area contributed by atoms with Crippen LogP contribution in [0.5, 0.6) is 0 Å². The molecule has 4 heteroatoms. The van der Waals surface area contributed by atoms with E-state index < -0.39 is 0 Å². The molecule has 1 heterocycles. The fourth-order valence-electron chi connectivity index (χ4n) is 2.86. The first-order valence-corrected chi connectivity index (χ1v) is 6.68. The molecule has 1 aliphatic rings. The van der Waals surface area contributed by atoms with E-state index in [0.29, 0.717) is 12.3 Å². The van der Waals surface area contributed by atoms with Crippen LogP contribution in [-0.4, -0.2) is 37.6 Å². The number of rotatable bonds is 2. The van der Waals surface area contributed by atoms with Crippen molar-refractivity contribution in [2.45, 2.75) is 19.4 Å². The van der Waals surface area contributed by atoms with Crippen molar-refractivity contribution in [1.29, 1.82) is 5.26 Å². The topological polar surface area (TPSA) is 30.3 Å². The van der Waals surface area contributed by atoms with Crippen LogP contribution in [0.1, 0.15) is 13.3 Å². The Labute approximate surface area is 114 Å². The number of benzene rings is 1. The lowest BCUT2D eigenvalue weighted by Crippen LogP contribution is -2.40. The van der Waals surface area contributed by atoms with Gasteiger partial charge in [0.1, 0.15) is 5.82 Å². The van der Waals surface area contributed by atoms with Crippen LogP contribution in [0.4, 0.5) is 10.1 Å². The maximum absolute atomic E-state index is 13.4. The van der Waals surface area contributed by atoms with Gasteiger partial charge in [0.25, 0.3) is 0 Å². The van der Waals surface area contributed by atoms with Gasteiger partial charge in [-0.05, 0) is 31.2 Å². The van der Waals surface area contributed by atoms with E-state index in [1.54, 1.807) is 12.1 Å². The molecular formula is C15H20FN3. The van der Waals surface area contributed by atoms with Crippen molar-refractivity contribution in [2.75, 3.05) is 31.6 Å². The number of halogens is 1. The van der Waals surface area contributed by atoms with Gasteiger partial charge >= 0.3 is 0 Å². The van der Waals surface area contributed by atoms with Gasteiger partial charge in [-0.25, -0.2) is 4.39 Å². The standard InChI is InChI=1S/C15H20FN3/c1-12-9-18(2)11-15(6-7-17)19(10-12)14-5-3-4-13(16)8-14/h3-5,8,12,15H,6,9-11H2,1-2H3. The second kappa shape index (κ2) is 6.03. The Kier molecular flexibility index (Phi) is 4.39. The summed E-state index contributed by atoms with van der Waals surface area (Å²) < 4.78 is 13.4. The molecule has 0 aromatic heterocycles. The van der Waals surface area contributed by atoms with E-state index in [4.69, 9.17) is 5.26 Å². The van der Waals surface area contributed by atoms with Crippen molar-refractivity contribution in [3.63, 3.8) is 0 Å². The van der Waals surface area contributed by atoms with Crippen molar-refractivity contribution in [3.05, 3.63) is 30.1 Å². The average molecular weight is 261 g/mol. The molecule has 2 atom stereocenters. The fourth-order valence-corrected chi connectivity index (χ4v) is 2.86. The zero-order valence-electron chi connectivity index (χ0n) is 11.5. The minimum Gasteiger partial charge on any atom is -0.366 e. The van der Waals surface area contributed by atoms with Crippen molar-refractivity contribution in [2.24, 2.45) is 5.92 Å². The van der Waals surface area contributed by atoms with E-state index in [1.165, 1.54) is 6.07 Å². The van der Waals surface area contributed by atoms with Gasteiger partial charge in [-0.3, -0.25) is 0 Å². The molecule has 1 aromatic rings. The van der Waals surface area contributed by atoms with Gasteiger partial charge in [0, 0.05) is 25.3 Å². The highest BCUT2D eigenvalue weighted by molar-refractivity contribution is 5.48. The molecule has 0 amide bonds. The third-order valence-electron chi connectivity index (χ3n) is 3.56. The highest BCUT2D eigenvalue weighted by Crippen LogP contribution is 2.24. The van der Waals surface area contributed by atoms with Crippen LogP contribution >= 0.6 is 0 Å². The summed E-state index contributed by atoms with van der Waals surface area (Å²) in [5.74, 6) is 0.274. The molecule has 0 spiro atoms. The van der Waals surface area contributed by atoms with Crippen LogP contribution in [0.2, 0.25) is 0 Å². The molecule has 1 aromatic carbocycles. The second-order valence-electron chi connectivity index (χ2n) is 5.47. The van der Waals surface area contributed by atoms with Gasteiger partial charge < -0.3 is 9.80 Å². The molecule has 0 aliphatic carbocycles. The van der Waals surface area contributed by atoms with E-state index >= 15 is 0 Å².